The van der Waals surface area contributed by atoms with Crippen LogP contribution in [0.1, 0.15) is 5.82 Å². The minimum absolute atomic E-state index is 0.170. The monoisotopic (exact) mass is 328 g/mol. The fourth-order valence-electron chi connectivity index (χ4n) is 1.81. The van der Waals surface area contributed by atoms with Gasteiger partial charge in [-0.05, 0) is 22.0 Å². The average molecular weight is 329 g/mol. The summed E-state index contributed by atoms with van der Waals surface area (Å²) in [6.45, 7) is 0.340. The number of carboxylic acids is 1. The van der Waals surface area contributed by atoms with Crippen molar-refractivity contribution < 1.29 is 14.6 Å². The van der Waals surface area contributed by atoms with E-state index < -0.39 is 11.4 Å². The third-order valence-electron chi connectivity index (χ3n) is 2.97. The highest BCUT2D eigenvalue weighted by molar-refractivity contribution is 9.10. The maximum absolute atomic E-state index is 11.3. The van der Waals surface area contributed by atoms with E-state index in [0.717, 1.165) is 15.0 Å². The topological polar surface area (TPSA) is 75.2 Å². The van der Waals surface area contributed by atoms with Crippen LogP contribution in [0.25, 0.3) is 10.6 Å². The lowest BCUT2D eigenvalue weighted by Crippen LogP contribution is -2.53. The Morgan fingerprint density at radius 2 is 2.39 bits per heavy atom. The lowest BCUT2D eigenvalue weighted by Gasteiger charge is -2.35. The van der Waals surface area contributed by atoms with Gasteiger partial charge in [0, 0.05) is 9.85 Å². The first-order valence-corrected chi connectivity index (χ1v) is 6.90. The minimum Gasteiger partial charge on any atom is -0.480 e. The number of aromatic nitrogens is 2. The van der Waals surface area contributed by atoms with Crippen LogP contribution in [-0.2, 0) is 14.9 Å². The van der Waals surface area contributed by atoms with Gasteiger partial charge in [0.15, 0.2) is 5.41 Å². The van der Waals surface area contributed by atoms with E-state index in [4.69, 9.17) is 4.74 Å². The van der Waals surface area contributed by atoms with Crippen molar-refractivity contribution in [1.82, 2.24) is 9.97 Å². The number of carbonyl (C=O) groups is 1. The molecular formula is C11H9BrN2O3S. The largest absolute Gasteiger partial charge is 0.480 e. The number of ether oxygens (including phenoxy) is 1. The van der Waals surface area contributed by atoms with Crippen molar-refractivity contribution in [1.29, 1.82) is 0 Å². The Hall–Kier alpha value is -1.18. The molecule has 1 fully saturated rings. The third kappa shape index (κ3) is 1.70. The summed E-state index contributed by atoms with van der Waals surface area (Å²) in [6, 6.07) is 1.96. The van der Waals surface area contributed by atoms with Crippen molar-refractivity contribution >= 4 is 33.2 Å². The summed E-state index contributed by atoms with van der Waals surface area (Å²) < 4.78 is 6.03. The molecule has 1 aliphatic rings. The molecule has 0 unspecified atom stereocenters. The van der Waals surface area contributed by atoms with Crippen LogP contribution in [0.3, 0.4) is 0 Å². The predicted octanol–water partition coefficient (Wildman–Crippen LogP) is 2.25. The first-order valence-electron chi connectivity index (χ1n) is 5.23. The molecule has 3 rings (SSSR count). The van der Waals surface area contributed by atoms with Gasteiger partial charge in [-0.25, -0.2) is 4.98 Å². The molecule has 0 spiro atoms. The predicted molar refractivity (Wildman–Crippen MR) is 69.7 cm³/mol. The smallest absolute Gasteiger partial charge is 0.322 e. The number of carboxylic acid groups (broad SMARTS) is 1. The Balaban J connectivity index is 1.96. The number of nitrogens with zero attached hydrogens (tertiary/aromatic N) is 1. The highest BCUT2D eigenvalue weighted by Crippen LogP contribution is 2.34. The van der Waals surface area contributed by atoms with E-state index in [0.29, 0.717) is 5.82 Å². The van der Waals surface area contributed by atoms with Crippen LogP contribution in [-0.4, -0.2) is 34.3 Å². The maximum atomic E-state index is 11.3. The van der Waals surface area contributed by atoms with Crippen molar-refractivity contribution in [3.05, 3.63) is 27.9 Å². The molecule has 3 heterocycles. The summed E-state index contributed by atoms with van der Waals surface area (Å²) in [4.78, 5) is 19.6. The van der Waals surface area contributed by atoms with Crippen molar-refractivity contribution in [3.63, 3.8) is 0 Å². The minimum atomic E-state index is -1.01. The Morgan fingerprint density at radius 1 is 1.61 bits per heavy atom. The van der Waals surface area contributed by atoms with Crippen molar-refractivity contribution in [2.24, 2.45) is 0 Å². The van der Waals surface area contributed by atoms with Crippen LogP contribution in [0.4, 0.5) is 0 Å². The van der Waals surface area contributed by atoms with E-state index in [2.05, 4.69) is 25.9 Å². The number of H-pyrrole nitrogens is 1. The molecule has 94 valence electrons. The maximum Gasteiger partial charge on any atom is 0.322 e. The Morgan fingerprint density at radius 3 is 2.89 bits per heavy atom. The van der Waals surface area contributed by atoms with Gasteiger partial charge in [0.05, 0.1) is 30.0 Å². The highest BCUT2D eigenvalue weighted by atomic mass is 79.9. The van der Waals surface area contributed by atoms with Crippen LogP contribution in [0.15, 0.2) is 22.1 Å². The van der Waals surface area contributed by atoms with E-state index >= 15 is 0 Å². The number of imidazole rings is 1. The second-order valence-electron chi connectivity index (χ2n) is 4.15. The Bertz CT molecular complexity index is 603. The van der Waals surface area contributed by atoms with Gasteiger partial charge < -0.3 is 14.8 Å². The number of aliphatic carboxylic acids is 1. The Kier molecular flexibility index (Phi) is 2.76. The summed E-state index contributed by atoms with van der Waals surface area (Å²) in [6.07, 6.45) is 1.66. The molecular weight excluding hydrogens is 320 g/mol. The zero-order valence-corrected chi connectivity index (χ0v) is 11.5. The molecule has 0 aliphatic carbocycles. The van der Waals surface area contributed by atoms with Crippen LogP contribution < -0.4 is 0 Å². The summed E-state index contributed by atoms with van der Waals surface area (Å²) in [7, 11) is 0. The number of nitrogens with one attached hydrogen (secondary N) is 1. The first-order chi connectivity index (χ1) is 8.62. The molecule has 7 heteroatoms. The van der Waals surface area contributed by atoms with Crippen LogP contribution in [0.5, 0.6) is 0 Å². The second kappa shape index (κ2) is 4.18. The molecule has 0 saturated carbocycles. The van der Waals surface area contributed by atoms with Gasteiger partial charge in [-0.15, -0.1) is 11.3 Å². The van der Waals surface area contributed by atoms with E-state index in [1.165, 1.54) is 0 Å². The second-order valence-corrected chi connectivity index (χ2v) is 5.98. The molecule has 1 saturated heterocycles. The lowest BCUT2D eigenvalue weighted by atomic mass is 9.85. The molecule has 5 nitrogen and oxygen atoms in total. The lowest BCUT2D eigenvalue weighted by molar-refractivity contribution is -0.163. The third-order valence-corrected chi connectivity index (χ3v) is 4.69. The number of aromatic amines is 1. The molecule has 2 aromatic rings. The number of hydrogen-bond acceptors (Lipinski definition) is 4. The summed E-state index contributed by atoms with van der Waals surface area (Å²) in [5.74, 6) is -0.442. The van der Waals surface area contributed by atoms with Crippen molar-refractivity contribution in [2.75, 3.05) is 13.2 Å². The molecule has 0 radical (unpaired) electrons. The van der Waals surface area contributed by atoms with Crippen LogP contribution in [0, 0.1) is 0 Å². The molecule has 18 heavy (non-hydrogen) atoms. The number of rotatable bonds is 3. The number of halogens is 1. The van der Waals surface area contributed by atoms with Crippen LogP contribution >= 0.6 is 27.3 Å². The van der Waals surface area contributed by atoms with Gasteiger partial charge >= 0.3 is 5.97 Å². The van der Waals surface area contributed by atoms with Gasteiger partial charge in [-0.2, -0.15) is 0 Å². The Labute approximate surface area is 115 Å². The normalized spacial score (nSPS) is 17.4. The fourth-order valence-corrected chi connectivity index (χ4v) is 3.21. The SMILES string of the molecule is O=C(O)C1(c2ncc(-c3cc(Br)cs3)[nH]2)COC1. The van der Waals surface area contributed by atoms with Crippen molar-refractivity contribution in [3.8, 4) is 10.6 Å². The zero-order chi connectivity index (χ0) is 12.8. The van der Waals surface area contributed by atoms with Crippen LogP contribution in [0.2, 0.25) is 0 Å². The molecule has 1 aliphatic heterocycles. The van der Waals surface area contributed by atoms with Crippen molar-refractivity contribution in [2.45, 2.75) is 5.41 Å². The van der Waals surface area contributed by atoms with Gasteiger partial charge in [-0.1, -0.05) is 0 Å². The molecule has 0 aromatic carbocycles. The van der Waals surface area contributed by atoms with E-state index in [1.54, 1.807) is 17.5 Å². The summed E-state index contributed by atoms with van der Waals surface area (Å²) >= 11 is 4.95. The van der Waals surface area contributed by atoms with Gasteiger partial charge in [0.25, 0.3) is 0 Å². The van der Waals surface area contributed by atoms with Gasteiger partial charge in [0.2, 0.25) is 0 Å². The molecule has 0 bridgehead atoms. The highest BCUT2D eigenvalue weighted by Gasteiger charge is 2.50. The molecule has 0 atom stereocenters. The van der Waals surface area contributed by atoms with E-state index in [9.17, 15) is 9.90 Å². The van der Waals surface area contributed by atoms with E-state index in [-0.39, 0.29) is 13.2 Å². The van der Waals surface area contributed by atoms with Gasteiger partial charge in [-0.3, -0.25) is 4.79 Å². The standard InChI is InChI=1S/C11H9BrN2O3S/c12-6-1-8(18-3-6)7-2-13-9(14-7)11(10(15)16)4-17-5-11/h1-3H,4-5H2,(H,13,14)(H,15,16). The summed E-state index contributed by atoms with van der Waals surface area (Å²) in [5, 5.41) is 11.2. The number of hydrogen-bond donors (Lipinski definition) is 2. The first kappa shape index (κ1) is 11.9. The number of thiophene rings is 1. The van der Waals surface area contributed by atoms with Gasteiger partial charge in [0.1, 0.15) is 5.82 Å². The average Bonchev–Trinajstić information content (AvgIpc) is 2.84. The quantitative estimate of drug-likeness (QED) is 0.906. The zero-order valence-electron chi connectivity index (χ0n) is 9.14. The molecule has 2 aromatic heterocycles. The summed E-state index contributed by atoms with van der Waals surface area (Å²) in [5.41, 5.74) is -0.180. The molecule has 2 N–H and O–H groups in total. The molecule has 0 amide bonds. The van der Waals surface area contributed by atoms with E-state index in [1.807, 2.05) is 11.4 Å². The fraction of sp³-hybridized carbons (Fsp3) is 0.273.